The van der Waals surface area contributed by atoms with Gasteiger partial charge in [0.1, 0.15) is 0 Å². The smallest absolute Gasteiger partial charge is 0.336 e. The molecule has 0 unspecified atom stereocenters. The van der Waals surface area contributed by atoms with Crippen molar-refractivity contribution < 1.29 is 15.0 Å². The van der Waals surface area contributed by atoms with Crippen LogP contribution < -0.4 is 5.32 Å². The van der Waals surface area contributed by atoms with Gasteiger partial charge in [0.15, 0.2) is 0 Å². The quantitative estimate of drug-likeness (QED) is 0.768. The first-order valence-corrected chi connectivity index (χ1v) is 4.82. The minimum Gasteiger partial charge on any atom is -0.478 e. The van der Waals surface area contributed by atoms with Crippen LogP contribution in [0.1, 0.15) is 10.4 Å². The van der Waals surface area contributed by atoms with Crippen LogP contribution in [0.25, 0.3) is 0 Å². The number of halogens is 1. The molecular formula is C9H10BrNO3. The third kappa shape index (κ3) is 2.71. The Kier molecular flexibility index (Phi) is 3.91. The number of benzene rings is 1. The molecule has 0 aromatic heterocycles. The molecule has 0 amide bonds. The van der Waals surface area contributed by atoms with Gasteiger partial charge in [-0.2, -0.15) is 0 Å². The number of aromatic carboxylic acids is 1. The van der Waals surface area contributed by atoms with E-state index in [9.17, 15) is 4.79 Å². The van der Waals surface area contributed by atoms with Gasteiger partial charge in [-0.15, -0.1) is 0 Å². The molecule has 0 aliphatic rings. The maximum Gasteiger partial charge on any atom is 0.336 e. The van der Waals surface area contributed by atoms with Crippen molar-refractivity contribution >= 4 is 27.6 Å². The lowest BCUT2D eigenvalue weighted by Gasteiger charge is -2.06. The molecule has 1 aromatic rings. The predicted molar refractivity (Wildman–Crippen MR) is 56.7 cm³/mol. The minimum absolute atomic E-state index is 0.0400. The van der Waals surface area contributed by atoms with Crippen molar-refractivity contribution in [3.05, 3.63) is 28.2 Å². The second kappa shape index (κ2) is 4.97. The Morgan fingerprint density at radius 2 is 2.21 bits per heavy atom. The van der Waals surface area contributed by atoms with Gasteiger partial charge in [0.25, 0.3) is 0 Å². The SMILES string of the molecule is O=C(O)c1ccc(NCCO)cc1Br. The monoisotopic (exact) mass is 259 g/mol. The van der Waals surface area contributed by atoms with Crippen molar-refractivity contribution in [1.82, 2.24) is 0 Å². The second-order valence-electron chi connectivity index (χ2n) is 2.65. The lowest BCUT2D eigenvalue weighted by molar-refractivity contribution is 0.0696. The van der Waals surface area contributed by atoms with E-state index >= 15 is 0 Å². The molecule has 0 saturated carbocycles. The van der Waals surface area contributed by atoms with Crippen LogP contribution in [0, 0.1) is 0 Å². The van der Waals surface area contributed by atoms with Crippen molar-refractivity contribution in [2.75, 3.05) is 18.5 Å². The number of aliphatic hydroxyl groups excluding tert-OH is 1. The van der Waals surface area contributed by atoms with Crippen LogP contribution >= 0.6 is 15.9 Å². The molecule has 0 aliphatic carbocycles. The fourth-order valence-electron chi connectivity index (χ4n) is 0.999. The van der Waals surface area contributed by atoms with Crippen molar-refractivity contribution in [3.8, 4) is 0 Å². The highest BCUT2D eigenvalue weighted by atomic mass is 79.9. The summed E-state index contributed by atoms with van der Waals surface area (Å²) in [4.78, 5) is 10.7. The fourth-order valence-corrected chi connectivity index (χ4v) is 1.55. The average Bonchev–Trinajstić information content (AvgIpc) is 2.14. The maximum absolute atomic E-state index is 10.7. The largest absolute Gasteiger partial charge is 0.478 e. The van der Waals surface area contributed by atoms with Crippen LogP contribution in [0.2, 0.25) is 0 Å². The molecule has 0 heterocycles. The molecule has 76 valence electrons. The summed E-state index contributed by atoms with van der Waals surface area (Å²) in [5.41, 5.74) is 0.996. The highest BCUT2D eigenvalue weighted by Gasteiger charge is 2.07. The fraction of sp³-hybridized carbons (Fsp3) is 0.222. The van der Waals surface area contributed by atoms with Crippen LogP contribution in [-0.2, 0) is 0 Å². The van der Waals surface area contributed by atoms with Crippen molar-refractivity contribution in [2.45, 2.75) is 0 Å². The summed E-state index contributed by atoms with van der Waals surface area (Å²) in [5.74, 6) is -0.967. The van der Waals surface area contributed by atoms with E-state index in [0.717, 1.165) is 5.69 Å². The van der Waals surface area contributed by atoms with Gasteiger partial charge in [0.2, 0.25) is 0 Å². The lowest BCUT2D eigenvalue weighted by Crippen LogP contribution is -2.06. The van der Waals surface area contributed by atoms with Crippen molar-refractivity contribution in [2.24, 2.45) is 0 Å². The molecule has 1 rings (SSSR count). The van der Waals surface area contributed by atoms with E-state index in [1.54, 1.807) is 12.1 Å². The molecule has 0 bridgehead atoms. The highest BCUT2D eigenvalue weighted by Crippen LogP contribution is 2.21. The molecule has 14 heavy (non-hydrogen) atoms. The van der Waals surface area contributed by atoms with Gasteiger partial charge >= 0.3 is 5.97 Å². The Morgan fingerprint density at radius 3 is 2.71 bits per heavy atom. The van der Waals surface area contributed by atoms with Gasteiger partial charge in [-0.25, -0.2) is 4.79 Å². The first-order valence-electron chi connectivity index (χ1n) is 4.02. The Labute approximate surface area is 89.7 Å². The molecule has 5 heteroatoms. The minimum atomic E-state index is -0.967. The number of hydrogen-bond donors (Lipinski definition) is 3. The van der Waals surface area contributed by atoms with E-state index in [1.165, 1.54) is 6.07 Å². The van der Waals surface area contributed by atoms with E-state index < -0.39 is 5.97 Å². The number of carboxylic acids is 1. The average molecular weight is 260 g/mol. The van der Waals surface area contributed by atoms with Crippen LogP contribution in [-0.4, -0.2) is 29.3 Å². The first kappa shape index (κ1) is 11.0. The Bertz CT molecular complexity index is 341. The summed E-state index contributed by atoms with van der Waals surface area (Å²) in [6, 6.07) is 4.83. The Hall–Kier alpha value is -1.07. The summed E-state index contributed by atoms with van der Waals surface area (Å²) in [6.45, 7) is 0.483. The topological polar surface area (TPSA) is 69.6 Å². The van der Waals surface area contributed by atoms with Crippen molar-refractivity contribution in [1.29, 1.82) is 0 Å². The van der Waals surface area contributed by atoms with Crippen LogP contribution in [0.15, 0.2) is 22.7 Å². The molecule has 0 spiro atoms. The molecular weight excluding hydrogens is 250 g/mol. The predicted octanol–water partition coefficient (Wildman–Crippen LogP) is 1.55. The zero-order valence-corrected chi connectivity index (χ0v) is 8.91. The molecule has 0 fully saturated rings. The number of nitrogens with one attached hydrogen (secondary N) is 1. The lowest BCUT2D eigenvalue weighted by atomic mass is 10.2. The van der Waals surface area contributed by atoms with E-state index in [1.807, 2.05) is 0 Å². The van der Waals surface area contributed by atoms with Crippen molar-refractivity contribution in [3.63, 3.8) is 0 Å². The van der Waals surface area contributed by atoms with Gasteiger partial charge in [-0.3, -0.25) is 0 Å². The van der Waals surface area contributed by atoms with E-state index in [2.05, 4.69) is 21.2 Å². The highest BCUT2D eigenvalue weighted by molar-refractivity contribution is 9.10. The zero-order valence-electron chi connectivity index (χ0n) is 7.33. The molecule has 0 aliphatic heterocycles. The van der Waals surface area contributed by atoms with Gasteiger partial charge in [-0.05, 0) is 34.1 Å². The number of hydrogen-bond acceptors (Lipinski definition) is 3. The van der Waals surface area contributed by atoms with E-state index in [-0.39, 0.29) is 12.2 Å². The molecule has 1 aromatic carbocycles. The standard InChI is InChI=1S/C9H10BrNO3/c10-8-5-6(11-3-4-12)1-2-7(8)9(13)14/h1-2,5,11-12H,3-4H2,(H,13,14). The number of carbonyl (C=O) groups is 1. The Balaban J connectivity index is 2.83. The third-order valence-corrected chi connectivity index (χ3v) is 2.30. The van der Waals surface area contributed by atoms with Gasteiger partial charge in [0.05, 0.1) is 12.2 Å². The number of aliphatic hydroxyl groups is 1. The zero-order chi connectivity index (χ0) is 10.6. The van der Waals surface area contributed by atoms with E-state index in [0.29, 0.717) is 11.0 Å². The Morgan fingerprint density at radius 1 is 1.50 bits per heavy atom. The normalized spacial score (nSPS) is 9.86. The van der Waals surface area contributed by atoms with Crippen LogP contribution in [0.5, 0.6) is 0 Å². The molecule has 3 N–H and O–H groups in total. The van der Waals surface area contributed by atoms with E-state index in [4.69, 9.17) is 10.2 Å². The number of rotatable bonds is 4. The maximum atomic E-state index is 10.7. The number of anilines is 1. The summed E-state index contributed by atoms with van der Waals surface area (Å²) in [6.07, 6.45) is 0. The van der Waals surface area contributed by atoms with Gasteiger partial charge < -0.3 is 15.5 Å². The molecule has 4 nitrogen and oxygen atoms in total. The third-order valence-electron chi connectivity index (χ3n) is 1.64. The second-order valence-corrected chi connectivity index (χ2v) is 3.50. The summed E-state index contributed by atoms with van der Waals surface area (Å²) >= 11 is 3.16. The van der Waals surface area contributed by atoms with Gasteiger partial charge in [0, 0.05) is 16.7 Å². The number of carboxylic acid groups (broad SMARTS) is 1. The molecule has 0 radical (unpaired) electrons. The summed E-state index contributed by atoms with van der Waals surface area (Å²) < 4.78 is 0.521. The van der Waals surface area contributed by atoms with Crippen LogP contribution in [0.3, 0.4) is 0 Å². The van der Waals surface area contributed by atoms with Crippen LogP contribution in [0.4, 0.5) is 5.69 Å². The molecule has 0 saturated heterocycles. The summed E-state index contributed by atoms with van der Waals surface area (Å²) in [5, 5.41) is 20.2. The van der Waals surface area contributed by atoms with Gasteiger partial charge in [-0.1, -0.05) is 0 Å². The first-order chi connectivity index (χ1) is 6.65. The molecule has 0 atom stereocenters. The summed E-state index contributed by atoms with van der Waals surface area (Å²) in [7, 11) is 0.